The van der Waals surface area contributed by atoms with E-state index in [0.29, 0.717) is 12.8 Å². The second-order valence-electron chi connectivity index (χ2n) is 6.34. The van der Waals surface area contributed by atoms with Crippen molar-refractivity contribution in [1.82, 2.24) is 0 Å². The first-order valence-electron chi connectivity index (χ1n) is 7.39. The van der Waals surface area contributed by atoms with Crippen molar-refractivity contribution in [3.63, 3.8) is 0 Å². The van der Waals surface area contributed by atoms with Crippen molar-refractivity contribution in [3.8, 4) is 11.8 Å². The lowest BCUT2D eigenvalue weighted by Gasteiger charge is -2.50. The third kappa shape index (κ3) is 3.90. The van der Waals surface area contributed by atoms with Crippen LogP contribution in [0.15, 0.2) is 0 Å². The Bertz CT molecular complexity index is 432. The third-order valence-corrected chi connectivity index (χ3v) is 4.04. The molecule has 120 valence electrons. The Morgan fingerprint density at radius 3 is 2.57 bits per heavy atom. The van der Waals surface area contributed by atoms with E-state index in [0.717, 1.165) is 0 Å². The molecular weight excluding hydrogens is 272 g/mol. The molecule has 5 nitrogen and oxygen atoms in total. The van der Waals surface area contributed by atoms with Crippen LogP contribution in [0.5, 0.6) is 0 Å². The molecule has 1 aliphatic rings. The van der Waals surface area contributed by atoms with Crippen molar-refractivity contribution in [2.75, 3.05) is 6.61 Å². The smallest absolute Gasteiger partial charge is 0.435 e. The summed E-state index contributed by atoms with van der Waals surface area (Å²) in [5, 5.41) is 19.4. The molecule has 0 saturated heterocycles. The number of hydrogen-bond donors (Lipinski definition) is 2. The number of rotatable bonds is 2. The van der Waals surface area contributed by atoms with Gasteiger partial charge < -0.3 is 19.7 Å². The lowest BCUT2D eigenvalue weighted by Crippen LogP contribution is -2.57. The summed E-state index contributed by atoms with van der Waals surface area (Å²) in [4.78, 5) is 11.8. The first-order chi connectivity index (χ1) is 9.64. The van der Waals surface area contributed by atoms with Crippen molar-refractivity contribution in [1.29, 1.82) is 0 Å². The Morgan fingerprint density at radius 1 is 1.48 bits per heavy atom. The maximum atomic E-state index is 11.8. The summed E-state index contributed by atoms with van der Waals surface area (Å²) in [7, 11) is 0. The van der Waals surface area contributed by atoms with Gasteiger partial charge in [-0.05, 0) is 26.7 Å². The van der Waals surface area contributed by atoms with Gasteiger partial charge in [0.1, 0.15) is 6.10 Å². The fourth-order valence-corrected chi connectivity index (χ4v) is 3.11. The lowest BCUT2D eigenvalue weighted by molar-refractivity contribution is -0.139. The fourth-order valence-electron chi connectivity index (χ4n) is 3.11. The van der Waals surface area contributed by atoms with Gasteiger partial charge in [0.25, 0.3) is 0 Å². The number of aliphatic hydroxyl groups is 2. The van der Waals surface area contributed by atoms with Crippen LogP contribution >= 0.6 is 0 Å². The SMILES string of the molecule is CCOC(=O)O[C@@]1(C#CC(C)O)[C@H](C)C[C@@H](O)CC1(C)C. The molecule has 0 heterocycles. The summed E-state index contributed by atoms with van der Waals surface area (Å²) >= 11 is 0. The van der Waals surface area contributed by atoms with Crippen LogP contribution in [0.25, 0.3) is 0 Å². The highest BCUT2D eigenvalue weighted by Crippen LogP contribution is 2.49. The molecule has 0 spiro atoms. The lowest BCUT2D eigenvalue weighted by atomic mass is 9.60. The number of carbonyl (C=O) groups is 1. The molecule has 4 atom stereocenters. The summed E-state index contributed by atoms with van der Waals surface area (Å²) in [6.07, 6.45) is -1.10. The Morgan fingerprint density at radius 2 is 2.10 bits per heavy atom. The van der Waals surface area contributed by atoms with Gasteiger partial charge in [-0.2, -0.15) is 0 Å². The minimum absolute atomic E-state index is 0.174. The van der Waals surface area contributed by atoms with Gasteiger partial charge in [-0.1, -0.05) is 32.6 Å². The summed E-state index contributed by atoms with van der Waals surface area (Å²) in [5.41, 5.74) is -1.64. The van der Waals surface area contributed by atoms with E-state index >= 15 is 0 Å². The normalized spacial score (nSPS) is 32.5. The van der Waals surface area contributed by atoms with Crippen LogP contribution in [0.3, 0.4) is 0 Å². The van der Waals surface area contributed by atoms with E-state index in [-0.39, 0.29) is 12.5 Å². The van der Waals surface area contributed by atoms with Gasteiger partial charge in [-0.3, -0.25) is 0 Å². The molecule has 0 aliphatic heterocycles. The molecule has 1 unspecified atom stereocenters. The number of hydrogen-bond acceptors (Lipinski definition) is 5. The molecule has 1 saturated carbocycles. The molecule has 0 aromatic heterocycles. The van der Waals surface area contributed by atoms with Gasteiger partial charge in [0.15, 0.2) is 5.60 Å². The highest BCUT2D eigenvalue weighted by molar-refractivity contribution is 5.61. The highest BCUT2D eigenvalue weighted by Gasteiger charge is 2.56. The van der Waals surface area contributed by atoms with E-state index in [1.54, 1.807) is 13.8 Å². The molecule has 0 aromatic rings. The first-order valence-corrected chi connectivity index (χ1v) is 7.39. The van der Waals surface area contributed by atoms with Crippen LogP contribution in [-0.2, 0) is 9.47 Å². The first kappa shape index (κ1) is 17.8. The Labute approximate surface area is 126 Å². The third-order valence-electron chi connectivity index (χ3n) is 4.04. The molecule has 0 amide bonds. The topological polar surface area (TPSA) is 76.0 Å². The quantitative estimate of drug-likeness (QED) is 0.603. The molecule has 1 rings (SSSR count). The molecule has 0 bridgehead atoms. The van der Waals surface area contributed by atoms with Gasteiger partial charge in [0, 0.05) is 11.3 Å². The molecule has 0 aromatic carbocycles. The summed E-state index contributed by atoms with van der Waals surface area (Å²) in [6.45, 7) is 9.18. The average molecular weight is 298 g/mol. The predicted molar refractivity (Wildman–Crippen MR) is 78.5 cm³/mol. The van der Waals surface area contributed by atoms with Crippen LogP contribution in [0.2, 0.25) is 0 Å². The van der Waals surface area contributed by atoms with Crippen molar-refractivity contribution in [2.24, 2.45) is 11.3 Å². The zero-order valence-corrected chi connectivity index (χ0v) is 13.5. The molecule has 5 heteroatoms. The van der Waals surface area contributed by atoms with Gasteiger partial charge >= 0.3 is 6.16 Å². The van der Waals surface area contributed by atoms with E-state index in [1.165, 1.54) is 0 Å². The molecule has 21 heavy (non-hydrogen) atoms. The predicted octanol–water partition coefficient (Wildman–Crippen LogP) is 2.10. The van der Waals surface area contributed by atoms with Gasteiger partial charge in [0.2, 0.25) is 0 Å². The zero-order chi connectivity index (χ0) is 16.3. The summed E-state index contributed by atoms with van der Waals surface area (Å²) in [6, 6.07) is 0. The Hall–Kier alpha value is -1.25. The maximum absolute atomic E-state index is 11.8. The number of aliphatic hydroxyl groups excluding tert-OH is 2. The largest absolute Gasteiger partial charge is 0.509 e. The van der Waals surface area contributed by atoms with Crippen molar-refractivity contribution in [2.45, 2.75) is 65.3 Å². The van der Waals surface area contributed by atoms with Crippen LogP contribution in [-0.4, -0.2) is 40.8 Å². The minimum Gasteiger partial charge on any atom is -0.435 e. The van der Waals surface area contributed by atoms with Crippen molar-refractivity contribution < 1.29 is 24.5 Å². The van der Waals surface area contributed by atoms with Crippen molar-refractivity contribution in [3.05, 3.63) is 0 Å². The number of carbonyl (C=O) groups excluding carboxylic acids is 1. The van der Waals surface area contributed by atoms with E-state index in [2.05, 4.69) is 11.8 Å². The van der Waals surface area contributed by atoms with E-state index in [9.17, 15) is 15.0 Å². The minimum atomic E-state index is -1.09. The van der Waals surface area contributed by atoms with E-state index in [4.69, 9.17) is 9.47 Å². The summed E-state index contributed by atoms with van der Waals surface area (Å²) in [5.74, 6) is 5.47. The standard InChI is InChI=1S/C16H26O5/c1-6-20-14(19)21-16(8-7-12(3)17)11(2)9-13(18)10-15(16,4)5/h11-13,17-18H,6,9-10H2,1-5H3/t11-,12?,13-,16+/m1/s1. The maximum Gasteiger partial charge on any atom is 0.509 e. The second-order valence-corrected chi connectivity index (χ2v) is 6.34. The second kappa shape index (κ2) is 6.67. The van der Waals surface area contributed by atoms with Gasteiger partial charge in [-0.25, -0.2) is 4.79 Å². The van der Waals surface area contributed by atoms with Gasteiger partial charge in [0.05, 0.1) is 12.7 Å². The van der Waals surface area contributed by atoms with Crippen LogP contribution < -0.4 is 0 Å². The van der Waals surface area contributed by atoms with E-state index in [1.807, 2.05) is 20.8 Å². The zero-order valence-electron chi connectivity index (χ0n) is 13.5. The monoisotopic (exact) mass is 298 g/mol. The van der Waals surface area contributed by atoms with Gasteiger partial charge in [-0.15, -0.1) is 0 Å². The fraction of sp³-hybridized carbons (Fsp3) is 0.812. The molecule has 1 aliphatic carbocycles. The Kier molecular flexibility index (Phi) is 5.66. The van der Waals surface area contributed by atoms with Crippen LogP contribution in [0.1, 0.15) is 47.5 Å². The highest BCUT2D eigenvalue weighted by atomic mass is 16.7. The molecule has 2 N–H and O–H groups in total. The number of ether oxygens (including phenoxy) is 2. The molecule has 0 radical (unpaired) electrons. The molecular formula is C16H26O5. The Balaban J connectivity index is 3.22. The van der Waals surface area contributed by atoms with Crippen molar-refractivity contribution >= 4 is 6.16 Å². The summed E-state index contributed by atoms with van der Waals surface area (Å²) < 4.78 is 10.5. The van der Waals surface area contributed by atoms with E-state index < -0.39 is 29.4 Å². The average Bonchev–Trinajstić information content (AvgIpc) is 2.31. The molecule has 1 fully saturated rings. The van der Waals surface area contributed by atoms with Crippen LogP contribution in [0, 0.1) is 23.2 Å². The van der Waals surface area contributed by atoms with Crippen LogP contribution in [0.4, 0.5) is 4.79 Å².